The maximum absolute atomic E-state index is 11.5. The van der Waals surface area contributed by atoms with E-state index in [2.05, 4.69) is 31.2 Å². The highest BCUT2D eigenvalue weighted by Crippen LogP contribution is 2.24. The fourth-order valence-electron chi connectivity index (χ4n) is 6.55. The van der Waals surface area contributed by atoms with E-state index in [-0.39, 0.29) is 42.9 Å². The molecule has 5 aliphatic heterocycles. The zero-order valence-corrected chi connectivity index (χ0v) is 27.4. The molecule has 3 amide bonds. The van der Waals surface area contributed by atoms with Gasteiger partial charge in [0.15, 0.2) is 0 Å². The standard InChI is InChI=1S/C15H20Cl2N2.C9H16N2O3.C7H10N2O2/c16-14-4-3-12(10-15(14)17)5-7-18-8-9-19-6-1-2-13(19)11-18;1-11-5-3-4-7(11)9(13)10-6-8(12)14-2;10-6-4-8-7(11)5-2-1-3-9(5)6/h3-4,10,13H,1-2,5-9,11H2;7H,3-6H2,1-2H3,(H,10,13);5H,1-4H2,(H,8,11)/t13-;7-;5-/m011/s1. The predicted molar refractivity (Wildman–Crippen MR) is 170 cm³/mol. The van der Waals surface area contributed by atoms with Gasteiger partial charge in [0, 0.05) is 38.8 Å². The smallest absolute Gasteiger partial charge is 0.325 e. The van der Waals surface area contributed by atoms with Crippen molar-refractivity contribution in [3.8, 4) is 0 Å². The number of methoxy groups -OCH3 is 1. The maximum Gasteiger partial charge on any atom is 0.325 e. The molecule has 13 heteroatoms. The Labute approximate surface area is 270 Å². The summed E-state index contributed by atoms with van der Waals surface area (Å²) in [5.74, 6) is -0.427. The van der Waals surface area contributed by atoms with E-state index in [0.29, 0.717) is 10.0 Å². The number of ether oxygens (including phenoxy) is 1. The van der Waals surface area contributed by atoms with Gasteiger partial charge in [-0.25, -0.2) is 0 Å². The van der Waals surface area contributed by atoms with Gasteiger partial charge in [-0.2, -0.15) is 0 Å². The molecule has 5 heterocycles. The van der Waals surface area contributed by atoms with Crippen molar-refractivity contribution in [3.63, 3.8) is 0 Å². The van der Waals surface area contributed by atoms with Gasteiger partial charge in [0.1, 0.15) is 12.6 Å². The van der Waals surface area contributed by atoms with Crippen LogP contribution < -0.4 is 10.6 Å². The Kier molecular flexibility index (Phi) is 13.1. The Morgan fingerprint density at radius 3 is 2.48 bits per heavy atom. The third-order valence-corrected chi connectivity index (χ3v) is 9.86. The van der Waals surface area contributed by atoms with Crippen LogP contribution >= 0.6 is 23.2 Å². The fourth-order valence-corrected chi connectivity index (χ4v) is 6.87. The van der Waals surface area contributed by atoms with Gasteiger partial charge in [-0.05, 0) is 82.8 Å². The van der Waals surface area contributed by atoms with Crippen LogP contribution in [0.2, 0.25) is 10.0 Å². The van der Waals surface area contributed by atoms with Crippen LogP contribution in [0.4, 0.5) is 0 Å². The second-order valence-corrected chi connectivity index (χ2v) is 12.8. The number of esters is 1. The number of likely N-dealkylation sites (N-methyl/N-ethyl adjacent to an activating group) is 1. The molecule has 2 N–H and O–H groups in total. The van der Waals surface area contributed by atoms with Gasteiger partial charge in [0.2, 0.25) is 17.7 Å². The normalized spacial score (nSPS) is 25.2. The van der Waals surface area contributed by atoms with E-state index in [1.165, 1.54) is 51.7 Å². The van der Waals surface area contributed by atoms with Crippen molar-refractivity contribution < 1.29 is 23.9 Å². The Morgan fingerprint density at radius 1 is 1.00 bits per heavy atom. The fraction of sp³-hybridized carbons (Fsp3) is 0.677. The Bertz CT molecular complexity index is 1150. The van der Waals surface area contributed by atoms with Crippen molar-refractivity contribution in [2.24, 2.45) is 0 Å². The lowest BCUT2D eigenvalue weighted by Gasteiger charge is -2.37. The number of benzene rings is 1. The van der Waals surface area contributed by atoms with Crippen LogP contribution in [0, 0.1) is 0 Å². The van der Waals surface area contributed by atoms with Crippen molar-refractivity contribution in [2.75, 3.05) is 73.1 Å². The van der Waals surface area contributed by atoms with Crippen LogP contribution in [0.15, 0.2) is 18.2 Å². The van der Waals surface area contributed by atoms with Crippen molar-refractivity contribution in [2.45, 2.75) is 63.1 Å². The summed E-state index contributed by atoms with van der Waals surface area (Å²) >= 11 is 12.0. The molecule has 0 saturated carbocycles. The quantitative estimate of drug-likeness (QED) is 0.447. The van der Waals surface area contributed by atoms with Crippen LogP contribution in [-0.2, 0) is 30.3 Å². The number of likely N-dealkylation sites (tertiary alicyclic amines) is 1. The molecule has 0 bridgehead atoms. The minimum atomic E-state index is -0.418. The maximum atomic E-state index is 11.5. The summed E-state index contributed by atoms with van der Waals surface area (Å²) < 4.78 is 4.42. The summed E-state index contributed by atoms with van der Waals surface area (Å²) in [5.41, 5.74) is 1.28. The summed E-state index contributed by atoms with van der Waals surface area (Å²) in [6, 6.07) is 6.54. The molecule has 1 aromatic rings. The van der Waals surface area contributed by atoms with Gasteiger partial charge in [-0.3, -0.25) is 29.0 Å². The summed E-state index contributed by atoms with van der Waals surface area (Å²) in [6.45, 7) is 7.97. The van der Waals surface area contributed by atoms with Crippen LogP contribution in [0.5, 0.6) is 0 Å². The lowest BCUT2D eigenvalue weighted by molar-refractivity contribution is -0.143. The number of fused-ring (bicyclic) bond motifs is 2. The third-order valence-electron chi connectivity index (χ3n) is 9.12. The van der Waals surface area contributed by atoms with E-state index in [0.717, 1.165) is 57.8 Å². The molecule has 244 valence electrons. The number of rotatable bonds is 6. The highest BCUT2D eigenvalue weighted by atomic mass is 35.5. The average Bonchev–Trinajstić information content (AvgIpc) is 3.80. The predicted octanol–water partition coefficient (Wildman–Crippen LogP) is 1.79. The molecular formula is C31H46Cl2N6O5. The largest absolute Gasteiger partial charge is 0.468 e. The molecule has 5 saturated heterocycles. The number of carbonyl (C=O) groups is 4. The zero-order chi connectivity index (χ0) is 31.6. The summed E-state index contributed by atoms with van der Waals surface area (Å²) in [7, 11) is 3.21. The summed E-state index contributed by atoms with van der Waals surface area (Å²) in [5, 5.41) is 6.43. The van der Waals surface area contributed by atoms with Gasteiger partial charge in [-0.1, -0.05) is 29.3 Å². The monoisotopic (exact) mass is 652 g/mol. The first-order valence-electron chi connectivity index (χ1n) is 15.7. The minimum Gasteiger partial charge on any atom is -0.468 e. The van der Waals surface area contributed by atoms with Crippen LogP contribution in [0.25, 0.3) is 0 Å². The number of hydrogen-bond donors (Lipinski definition) is 2. The van der Waals surface area contributed by atoms with Crippen LogP contribution in [0.3, 0.4) is 0 Å². The van der Waals surface area contributed by atoms with Gasteiger partial charge in [0.25, 0.3) is 0 Å². The molecule has 0 aromatic heterocycles. The first kappa shape index (κ1) is 34.4. The molecule has 1 aromatic carbocycles. The van der Waals surface area contributed by atoms with Crippen LogP contribution in [0.1, 0.15) is 44.1 Å². The third kappa shape index (κ3) is 9.53. The number of nitrogens with zero attached hydrogens (tertiary/aromatic N) is 4. The van der Waals surface area contributed by atoms with E-state index in [1.54, 1.807) is 4.90 Å². The average molecular weight is 654 g/mol. The van der Waals surface area contributed by atoms with Gasteiger partial charge in [-0.15, -0.1) is 0 Å². The summed E-state index contributed by atoms with van der Waals surface area (Å²) in [4.78, 5) is 53.4. The number of nitrogens with one attached hydrogen (secondary N) is 2. The van der Waals surface area contributed by atoms with E-state index < -0.39 is 5.97 Å². The van der Waals surface area contributed by atoms with Crippen molar-refractivity contribution in [3.05, 3.63) is 33.8 Å². The van der Waals surface area contributed by atoms with Gasteiger partial charge < -0.3 is 25.2 Å². The van der Waals surface area contributed by atoms with Crippen molar-refractivity contribution >= 4 is 46.9 Å². The van der Waals surface area contributed by atoms with Crippen molar-refractivity contribution in [1.82, 2.24) is 30.2 Å². The second-order valence-electron chi connectivity index (χ2n) is 12.0. The van der Waals surface area contributed by atoms with E-state index in [4.69, 9.17) is 23.2 Å². The number of carbonyl (C=O) groups excluding carboxylic acids is 4. The molecule has 44 heavy (non-hydrogen) atoms. The molecule has 0 radical (unpaired) electrons. The Balaban J connectivity index is 0.000000157. The molecule has 3 atom stereocenters. The molecule has 0 unspecified atom stereocenters. The number of amides is 3. The first-order chi connectivity index (χ1) is 21.2. The molecule has 11 nitrogen and oxygen atoms in total. The second kappa shape index (κ2) is 16.7. The topological polar surface area (TPSA) is 115 Å². The summed E-state index contributed by atoms with van der Waals surface area (Å²) in [6.07, 6.45) is 7.51. The Hall–Kier alpha value is -2.44. The van der Waals surface area contributed by atoms with E-state index in [1.807, 2.05) is 24.1 Å². The number of piperazine rings is 2. The molecule has 0 spiro atoms. The van der Waals surface area contributed by atoms with E-state index >= 15 is 0 Å². The first-order valence-corrected chi connectivity index (χ1v) is 16.4. The van der Waals surface area contributed by atoms with Gasteiger partial charge in [0.05, 0.1) is 29.7 Å². The van der Waals surface area contributed by atoms with Crippen molar-refractivity contribution in [1.29, 1.82) is 0 Å². The number of halogens is 2. The number of hydrogen-bond acceptors (Lipinski definition) is 8. The highest BCUT2D eigenvalue weighted by Gasteiger charge is 2.37. The van der Waals surface area contributed by atoms with E-state index in [9.17, 15) is 19.2 Å². The Morgan fingerprint density at radius 2 is 1.77 bits per heavy atom. The SMILES string of the molecule is COC(=O)CNC(=O)[C@H]1CCCN1C.Clc1ccc(CCN2CCN3CCC[C@H]3C2)cc1Cl.O=C1NCC(=O)N2CCC[C@H]12. The molecule has 5 fully saturated rings. The molecule has 6 rings (SSSR count). The lowest BCUT2D eigenvalue weighted by atomic mass is 10.1. The van der Waals surface area contributed by atoms with Gasteiger partial charge >= 0.3 is 5.97 Å². The molecular weight excluding hydrogens is 607 g/mol. The zero-order valence-electron chi connectivity index (χ0n) is 25.9. The minimum absolute atomic E-state index is 0.0158. The molecule has 0 aliphatic carbocycles. The highest BCUT2D eigenvalue weighted by molar-refractivity contribution is 6.42. The van der Waals surface area contributed by atoms with Crippen LogP contribution in [-0.4, -0.2) is 134 Å². The lowest BCUT2D eigenvalue weighted by Crippen LogP contribution is -2.55. The molecule has 5 aliphatic rings.